The van der Waals surface area contributed by atoms with Crippen molar-refractivity contribution in [3.8, 4) is 5.75 Å². The molecule has 0 spiro atoms. The number of carbonyl (C=O) groups is 1. The van der Waals surface area contributed by atoms with E-state index in [4.69, 9.17) is 4.74 Å². The fourth-order valence-electron chi connectivity index (χ4n) is 2.76. The molecule has 0 aliphatic carbocycles. The van der Waals surface area contributed by atoms with Crippen molar-refractivity contribution in [3.63, 3.8) is 0 Å². The SMILES string of the molecule is COc1ccc(NC(=O)N2CCN(c3cc(N(C)C)cnn3)CC2)cc1. The molecule has 2 amide bonds. The van der Waals surface area contributed by atoms with Gasteiger partial charge >= 0.3 is 6.03 Å². The van der Waals surface area contributed by atoms with Gasteiger partial charge in [0.2, 0.25) is 0 Å². The summed E-state index contributed by atoms with van der Waals surface area (Å²) in [7, 11) is 5.57. The maximum atomic E-state index is 12.4. The van der Waals surface area contributed by atoms with Crippen LogP contribution in [-0.4, -0.2) is 68.5 Å². The summed E-state index contributed by atoms with van der Waals surface area (Å²) in [6, 6.07) is 9.22. The molecule has 0 saturated carbocycles. The third-order valence-corrected chi connectivity index (χ3v) is 4.38. The Morgan fingerprint density at radius 2 is 1.85 bits per heavy atom. The molecule has 26 heavy (non-hydrogen) atoms. The van der Waals surface area contributed by atoms with Gasteiger partial charge in [-0.3, -0.25) is 0 Å². The number of nitrogens with one attached hydrogen (secondary N) is 1. The number of aromatic nitrogens is 2. The molecule has 2 heterocycles. The molecule has 1 aromatic heterocycles. The van der Waals surface area contributed by atoms with Gasteiger partial charge in [-0.2, -0.15) is 5.10 Å². The van der Waals surface area contributed by atoms with Crippen LogP contribution in [0.15, 0.2) is 36.5 Å². The van der Waals surface area contributed by atoms with Gasteiger partial charge in [0.15, 0.2) is 5.82 Å². The van der Waals surface area contributed by atoms with Crippen LogP contribution >= 0.6 is 0 Å². The Balaban J connectivity index is 1.55. The lowest BCUT2D eigenvalue weighted by atomic mass is 10.3. The van der Waals surface area contributed by atoms with Gasteiger partial charge < -0.3 is 24.8 Å². The molecule has 0 unspecified atom stereocenters. The Hall–Kier alpha value is -3.03. The maximum absolute atomic E-state index is 12.4. The first-order chi connectivity index (χ1) is 12.6. The standard InChI is InChI=1S/C18H24N6O2/c1-22(2)15-12-17(21-19-13-15)23-8-10-24(11-9-23)18(25)20-14-4-6-16(26-3)7-5-14/h4-7,12-13H,8-11H2,1-3H3,(H,20,25). The molecule has 1 aromatic carbocycles. The number of amides is 2. The Kier molecular flexibility index (Phi) is 5.40. The summed E-state index contributed by atoms with van der Waals surface area (Å²) in [4.78, 5) is 18.4. The van der Waals surface area contributed by atoms with Gasteiger partial charge in [0.1, 0.15) is 5.75 Å². The molecular formula is C18H24N6O2. The minimum Gasteiger partial charge on any atom is -0.497 e. The second-order valence-electron chi connectivity index (χ2n) is 6.30. The van der Waals surface area contributed by atoms with Crippen molar-refractivity contribution in [3.05, 3.63) is 36.5 Å². The summed E-state index contributed by atoms with van der Waals surface area (Å²) in [5.41, 5.74) is 1.76. The van der Waals surface area contributed by atoms with Crippen molar-refractivity contribution in [1.82, 2.24) is 15.1 Å². The van der Waals surface area contributed by atoms with E-state index in [2.05, 4.69) is 20.4 Å². The lowest BCUT2D eigenvalue weighted by molar-refractivity contribution is 0.208. The van der Waals surface area contributed by atoms with Crippen LogP contribution in [0.2, 0.25) is 0 Å². The highest BCUT2D eigenvalue weighted by atomic mass is 16.5. The number of piperazine rings is 1. The van der Waals surface area contributed by atoms with Gasteiger partial charge in [-0.15, -0.1) is 5.10 Å². The third kappa shape index (κ3) is 4.14. The first-order valence-corrected chi connectivity index (χ1v) is 8.52. The maximum Gasteiger partial charge on any atom is 0.321 e. The van der Waals surface area contributed by atoms with Crippen molar-refractivity contribution in [2.75, 3.05) is 62.5 Å². The molecule has 1 aliphatic heterocycles. The molecule has 138 valence electrons. The zero-order valence-corrected chi connectivity index (χ0v) is 15.3. The summed E-state index contributed by atoms with van der Waals surface area (Å²) in [5, 5.41) is 11.2. The van der Waals surface area contributed by atoms with Crippen molar-refractivity contribution in [2.24, 2.45) is 0 Å². The van der Waals surface area contributed by atoms with E-state index in [0.717, 1.165) is 36.0 Å². The second kappa shape index (κ2) is 7.90. The van der Waals surface area contributed by atoms with Gasteiger partial charge in [-0.25, -0.2) is 4.79 Å². The second-order valence-corrected chi connectivity index (χ2v) is 6.30. The first-order valence-electron chi connectivity index (χ1n) is 8.52. The summed E-state index contributed by atoms with van der Waals surface area (Å²) in [6.07, 6.45) is 1.74. The van der Waals surface area contributed by atoms with Crippen molar-refractivity contribution >= 4 is 23.2 Å². The van der Waals surface area contributed by atoms with Crippen LogP contribution in [0.4, 0.5) is 22.0 Å². The Labute approximate surface area is 153 Å². The van der Waals surface area contributed by atoms with E-state index in [0.29, 0.717) is 13.1 Å². The predicted molar refractivity (Wildman–Crippen MR) is 102 cm³/mol. The number of benzene rings is 1. The number of hydrogen-bond donors (Lipinski definition) is 1. The van der Waals surface area contributed by atoms with Gasteiger partial charge in [-0.1, -0.05) is 0 Å². The highest BCUT2D eigenvalue weighted by Gasteiger charge is 2.22. The van der Waals surface area contributed by atoms with E-state index < -0.39 is 0 Å². The lowest BCUT2D eigenvalue weighted by Gasteiger charge is -2.35. The number of methoxy groups -OCH3 is 1. The monoisotopic (exact) mass is 356 g/mol. The van der Waals surface area contributed by atoms with Crippen LogP contribution in [-0.2, 0) is 0 Å². The number of hydrogen-bond acceptors (Lipinski definition) is 6. The lowest BCUT2D eigenvalue weighted by Crippen LogP contribution is -2.50. The fourth-order valence-corrected chi connectivity index (χ4v) is 2.76. The number of ether oxygens (including phenoxy) is 1. The normalized spacial score (nSPS) is 14.1. The van der Waals surface area contributed by atoms with E-state index in [1.807, 2.05) is 54.2 Å². The highest BCUT2D eigenvalue weighted by molar-refractivity contribution is 5.89. The molecule has 0 radical (unpaired) electrons. The molecule has 1 saturated heterocycles. The van der Waals surface area contributed by atoms with Crippen molar-refractivity contribution in [2.45, 2.75) is 0 Å². The highest BCUT2D eigenvalue weighted by Crippen LogP contribution is 2.19. The average Bonchev–Trinajstić information content (AvgIpc) is 2.68. The molecule has 3 rings (SSSR count). The Bertz CT molecular complexity index is 742. The van der Waals surface area contributed by atoms with E-state index >= 15 is 0 Å². The summed E-state index contributed by atoms with van der Waals surface area (Å²) < 4.78 is 5.12. The fraction of sp³-hybridized carbons (Fsp3) is 0.389. The molecule has 1 aliphatic rings. The topological polar surface area (TPSA) is 73.8 Å². The van der Waals surface area contributed by atoms with Crippen LogP contribution in [0.3, 0.4) is 0 Å². The number of nitrogens with zero attached hydrogens (tertiary/aromatic N) is 5. The zero-order chi connectivity index (χ0) is 18.5. The van der Waals surface area contributed by atoms with E-state index in [-0.39, 0.29) is 6.03 Å². The third-order valence-electron chi connectivity index (χ3n) is 4.38. The largest absolute Gasteiger partial charge is 0.497 e. The molecule has 0 bridgehead atoms. The van der Waals surface area contributed by atoms with Crippen LogP contribution in [0.1, 0.15) is 0 Å². The molecule has 8 heteroatoms. The quantitative estimate of drug-likeness (QED) is 0.902. The molecular weight excluding hydrogens is 332 g/mol. The average molecular weight is 356 g/mol. The van der Waals surface area contributed by atoms with Gasteiger partial charge in [0.05, 0.1) is 19.0 Å². The summed E-state index contributed by atoms with van der Waals surface area (Å²) >= 11 is 0. The van der Waals surface area contributed by atoms with Crippen LogP contribution in [0.5, 0.6) is 5.75 Å². The van der Waals surface area contributed by atoms with Crippen LogP contribution < -0.4 is 19.9 Å². The molecule has 0 atom stereocenters. The molecule has 1 N–H and O–H groups in total. The number of urea groups is 1. The van der Waals surface area contributed by atoms with Crippen molar-refractivity contribution in [1.29, 1.82) is 0 Å². The smallest absolute Gasteiger partial charge is 0.321 e. The summed E-state index contributed by atoms with van der Waals surface area (Å²) in [6.45, 7) is 2.72. The van der Waals surface area contributed by atoms with Crippen molar-refractivity contribution < 1.29 is 9.53 Å². The van der Waals surface area contributed by atoms with E-state index in [1.54, 1.807) is 13.3 Å². The first kappa shape index (κ1) is 17.8. The van der Waals surface area contributed by atoms with Gasteiger partial charge in [0, 0.05) is 52.0 Å². The number of rotatable bonds is 4. The predicted octanol–water partition coefficient (Wildman–Crippen LogP) is 1.91. The zero-order valence-electron chi connectivity index (χ0n) is 15.3. The van der Waals surface area contributed by atoms with Gasteiger partial charge in [-0.05, 0) is 24.3 Å². The molecule has 8 nitrogen and oxygen atoms in total. The van der Waals surface area contributed by atoms with E-state index in [9.17, 15) is 4.79 Å². The molecule has 1 fully saturated rings. The summed E-state index contributed by atoms with van der Waals surface area (Å²) in [5.74, 6) is 1.60. The van der Waals surface area contributed by atoms with Gasteiger partial charge in [0.25, 0.3) is 0 Å². The van der Waals surface area contributed by atoms with Crippen LogP contribution in [0, 0.1) is 0 Å². The Morgan fingerprint density at radius 1 is 1.15 bits per heavy atom. The number of carbonyl (C=O) groups excluding carboxylic acids is 1. The van der Waals surface area contributed by atoms with Crippen LogP contribution in [0.25, 0.3) is 0 Å². The molecule has 2 aromatic rings. The number of anilines is 3. The van der Waals surface area contributed by atoms with E-state index in [1.165, 1.54) is 0 Å². The Morgan fingerprint density at radius 3 is 2.46 bits per heavy atom. The minimum absolute atomic E-state index is 0.0945. The minimum atomic E-state index is -0.0945.